The van der Waals surface area contributed by atoms with E-state index in [-0.39, 0.29) is 41.1 Å². The number of fused-ring (bicyclic) bond motifs is 1. The number of hydrogen-bond donors (Lipinski definition) is 0. The molecule has 2 saturated heterocycles. The van der Waals surface area contributed by atoms with Crippen LogP contribution in [0.2, 0.25) is 5.28 Å². The second-order valence-electron chi connectivity index (χ2n) is 10.9. The van der Waals surface area contributed by atoms with Crippen molar-refractivity contribution in [1.82, 2.24) is 24.4 Å². The fourth-order valence-corrected chi connectivity index (χ4v) is 6.31. The van der Waals surface area contributed by atoms with Crippen molar-refractivity contribution in [3.05, 3.63) is 82.4 Å². The molecule has 0 saturated carbocycles. The van der Waals surface area contributed by atoms with Crippen LogP contribution < -0.4 is 4.90 Å². The van der Waals surface area contributed by atoms with Crippen LogP contribution in [0.25, 0.3) is 11.2 Å². The number of hydrogen-bond acceptors (Lipinski definition) is 6. The lowest BCUT2D eigenvalue weighted by Crippen LogP contribution is -2.57. The quantitative estimate of drug-likeness (QED) is 0.269. The van der Waals surface area contributed by atoms with Crippen molar-refractivity contribution < 1.29 is 13.5 Å². The molecule has 2 aliphatic rings. The van der Waals surface area contributed by atoms with Gasteiger partial charge in [-0.1, -0.05) is 24.3 Å². The molecular weight excluding hydrogens is 534 g/mol. The summed E-state index contributed by atoms with van der Waals surface area (Å²) in [7, 11) is 0. The molecule has 210 valence electrons. The first-order valence-corrected chi connectivity index (χ1v) is 14.2. The van der Waals surface area contributed by atoms with Gasteiger partial charge < -0.3 is 14.2 Å². The van der Waals surface area contributed by atoms with Crippen LogP contribution in [0.4, 0.5) is 14.6 Å². The summed E-state index contributed by atoms with van der Waals surface area (Å²) in [6.45, 7) is 9.14. The zero-order valence-corrected chi connectivity index (χ0v) is 23.7. The first-order valence-electron chi connectivity index (χ1n) is 13.8. The number of nitrogens with zero attached hydrogens (tertiary/aromatic N) is 6. The van der Waals surface area contributed by atoms with E-state index >= 15 is 0 Å². The molecular formula is C30H33ClF2N6O. The molecule has 0 bridgehead atoms. The molecule has 10 heteroatoms. The van der Waals surface area contributed by atoms with Crippen LogP contribution in [0.15, 0.2) is 48.5 Å². The van der Waals surface area contributed by atoms with Crippen molar-refractivity contribution in [1.29, 1.82) is 0 Å². The number of aryl methyl sites for hydroxylation is 1. The summed E-state index contributed by atoms with van der Waals surface area (Å²) in [6.07, 6.45) is 2.23. The number of imidazole rings is 1. The van der Waals surface area contributed by atoms with Gasteiger partial charge >= 0.3 is 0 Å². The maximum Gasteiger partial charge on any atom is 0.226 e. The molecule has 0 amide bonds. The highest BCUT2D eigenvalue weighted by Gasteiger charge is 2.37. The third-order valence-electron chi connectivity index (χ3n) is 8.16. The lowest BCUT2D eigenvalue weighted by atomic mass is 9.93. The van der Waals surface area contributed by atoms with Gasteiger partial charge in [-0.3, -0.25) is 4.90 Å². The number of aromatic nitrogens is 4. The lowest BCUT2D eigenvalue weighted by molar-refractivity contribution is 0.0973. The van der Waals surface area contributed by atoms with E-state index in [0.29, 0.717) is 19.6 Å². The molecule has 0 unspecified atom stereocenters. The SMILES string of the molecule is Cc1nc2c(N3C[C@@H](C)N(C(c4ccc(F)cc4)c4ccc(F)cc4)C[C@@H]3C)nc(Cl)nc2n1C[C@@H]1CCCO1. The smallest absolute Gasteiger partial charge is 0.226 e. The van der Waals surface area contributed by atoms with Gasteiger partial charge in [-0.2, -0.15) is 9.97 Å². The van der Waals surface area contributed by atoms with Gasteiger partial charge in [-0.05, 0) is 80.6 Å². The molecule has 4 heterocycles. The molecule has 40 heavy (non-hydrogen) atoms. The second-order valence-corrected chi connectivity index (χ2v) is 11.3. The number of piperazine rings is 1. The Labute approximate surface area is 237 Å². The lowest BCUT2D eigenvalue weighted by Gasteiger charge is -2.48. The van der Waals surface area contributed by atoms with E-state index in [9.17, 15) is 8.78 Å². The predicted molar refractivity (Wildman–Crippen MR) is 152 cm³/mol. The van der Waals surface area contributed by atoms with Crippen molar-refractivity contribution in [2.75, 3.05) is 24.6 Å². The van der Waals surface area contributed by atoms with Crippen molar-refractivity contribution in [2.45, 2.75) is 64.4 Å². The summed E-state index contributed by atoms with van der Waals surface area (Å²) in [6, 6.07) is 13.1. The van der Waals surface area contributed by atoms with Crippen LogP contribution in [0.5, 0.6) is 0 Å². The predicted octanol–water partition coefficient (Wildman–Crippen LogP) is 5.93. The Morgan fingerprint density at radius 1 is 0.925 bits per heavy atom. The summed E-state index contributed by atoms with van der Waals surface area (Å²) >= 11 is 6.50. The Hall–Kier alpha value is -3.14. The molecule has 7 nitrogen and oxygen atoms in total. The Morgan fingerprint density at radius 2 is 1.57 bits per heavy atom. The molecule has 3 atom stereocenters. The number of benzene rings is 2. The molecule has 0 radical (unpaired) electrons. The van der Waals surface area contributed by atoms with Gasteiger partial charge in [0.2, 0.25) is 5.28 Å². The molecule has 0 aliphatic carbocycles. The van der Waals surface area contributed by atoms with E-state index < -0.39 is 0 Å². The molecule has 2 aromatic heterocycles. The topological polar surface area (TPSA) is 59.3 Å². The van der Waals surface area contributed by atoms with E-state index in [2.05, 4.69) is 38.2 Å². The van der Waals surface area contributed by atoms with E-state index in [1.54, 1.807) is 0 Å². The monoisotopic (exact) mass is 566 g/mol. The summed E-state index contributed by atoms with van der Waals surface area (Å²) in [5.74, 6) is 1.01. The molecule has 2 aromatic carbocycles. The summed E-state index contributed by atoms with van der Waals surface area (Å²) in [4.78, 5) is 18.8. The maximum absolute atomic E-state index is 13.8. The molecule has 0 N–H and O–H groups in total. The van der Waals surface area contributed by atoms with Crippen molar-refractivity contribution in [3.63, 3.8) is 0 Å². The van der Waals surface area contributed by atoms with Crippen LogP contribution >= 0.6 is 11.6 Å². The van der Waals surface area contributed by atoms with Crippen LogP contribution in [0.3, 0.4) is 0 Å². The van der Waals surface area contributed by atoms with Crippen LogP contribution in [-0.2, 0) is 11.3 Å². The summed E-state index contributed by atoms with van der Waals surface area (Å²) in [5.41, 5.74) is 3.37. The Kier molecular flexibility index (Phi) is 7.46. The zero-order valence-electron chi connectivity index (χ0n) is 22.9. The van der Waals surface area contributed by atoms with Gasteiger partial charge in [0.05, 0.1) is 18.7 Å². The van der Waals surface area contributed by atoms with Crippen LogP contribution in [-0.4, -0.2) is 62.3 Å². The average molecular weight is 567 g/mol. The Balaban J connectivity index is 1.34. The fraction of sp³-hybridized carbons (Fsp3) is 0.433. The highest BCUT2D eigenvalue weighted by atomic mass is 35.5. The molecule has 6 rings (SSSR count). The van der Waals surface area contributed by atoms with Gasteiger partial charge in [0.25, 0.3) is 0 Å². The Morgan fingerprint density at radius 3 is 2.17 bits per heavy atom. The van der Waals surface area contributed by atoms with Crippen molar-refractivity contribution in [3.8, 4) is 0 Å². The number of halogens is 3. The first-order chi connectivity index (χ1) is 19.3. The Bertz CT molecular complexity index is 1440. The van der Waals surface area contributed by atoms with Crippen LogP contribution in [0.1, 0.15) is 49.7 Å². The van der Waals surface area contributed by atoms with Gasteiger partial charge in [-0.25, -0.2) is 13.8 Å². The fourth-order valence-electron chi connectivity index (χ4n) is 6.15. The largest absolute Gasteiger partial charge is 0.376 e. The number of rotatable bonds is 6. The maximum atomic E-state index is 13.8. The minimum Gasteiger partial charge on any atom is -0.376 e. The standard InChI is InChI=1S/C30H33ClF2N6O/c1-18-16-38(28-26-29(36-30(31)35-28)39(20(3)34-26)17-25-5-4-14-40-25)19(2)15-37(18)27(21-6-10-23(32)11-7-21)22-8-12-24(33)13-9-22/h6-13,18-19,25,27H,4-5,14-17H2,1-3H3/t18-,19+,25+/m1/s1. The zero-order chi connectivity index (χ0) is 28.0. The second kappa shape index (κ2) is 11.0. The van der Waals surface area contributed by atoms with Gasteiger partial charge in [-0.15, -0.1) is 0 Å². The first kappa shape index (κ1) is 27.1. The van der Waals surface area contributed by atoms with E-state index in [1.165, 1.54) is 24.3 Å². The molecule has 2 fully saturated rings. The van der Waals surface area contributed by atoms with Gasteiger partial charge in [0.1, 0.15) is 17.5 Å². The van der Waals surface area contributed by atoms with Crippen molar-refractivity contribution in [2.24, 2.45) is 0 Å². The summed E-state index contributed by atoms with van der Waals surface area (Å²) < 4.78 is 35.6. The van der Waals surface area contributed by atoms with Gasteiger partial charge in [0, 0.05) is 31.8 Å². The molecule has 2 aliphatic heterocycles. The van der Waals surface area contributed by atoms with E-state index in [1.807, 2.05) is 31.2 Å². The van der Waals surface area contributed by atoms with Crippen molar-refractivity contribution >= 4 is 28.6 Å². The summed E-state index contributed by atoms with van der Waals surface area (Å²) in [5, 5.41) is 0.189. The third kappa shape index (κ3) is 5.18. The van der Waals surface area contributed by atoms with E-state index in [4.69, 9.17) is 21.3 Å². The van der Waals surface area contributed by atoms with E-state index in [0.717, 1.165) is 53.4 Å². The number of ether oxygens (including phenoxy) is 1. The average Bonchev–Trinajstić information content (AvgIpc) is 3.56. The molecule has 0 spiro atoms. The number of anilines is 1. The minimum absolute atomic E-state index is 0.0531. The van der Waals surface area contributed by atoms with Gasteiger partial charge in [0.15, 0.2) is 17.0 Å². The normalized spacial score (nSPS) is 22.1. The molecule has 4 aromatic rings. The third-order valence-corrected chi connectivity index (χ3v) is 8.33. The highest BCUT2D eigenvalue weighted by Crippen LogP contribution is 2.36. The van der Waals surface area contributed by atoms with Crippen LogP contribution in [0, 0.1) is 18.6 Å². The minimum atomic E-state index is -0.285. The highest BCUT2D eigenvalue weighted by molar-refractivity contribution is 6.28.